The Kier molecular flexibility index (Phi) is 25.9. The van der Waals surface area contributed by atoms with Gasteiger partial charge in [-0.1, -0.05) is 0 Å². The number of anilines is 2. The molecule has 12 N–H and O–H groups in total. The van der Waals surface area contributed by atoms with Gasteiger partial charge in [-0.3, -0.25) is 33.6 Å². The summed E-state index contributed by atoms with van der Waals surface area (Å²) in [6.45, 7) is -5.69. The first kappa shape index (κ1) is 57.9. The van der Waals surface area contributed by atoms with E-state index < -0.39 is 126 Å². The summed E-state index contributed by atoms with van der Waals surface area (Å²) in [5.74, 6) is -7.21. The number of carbonyl (C=O) groups excluding carboxylic acids is 7. The number of aliphatic hydroxyl groups is 8. The Labute approximate surface area is 441 Å². The van der Waals surface area contributed by atoms with Crippen molar-refractivity contribution in [3.63, 3.8) is 0 Å². The van der Waals surface area contributed by atoms with E-state index in [0.29, 0.717) is 0 Å². The molecule has 2 rings (SSSR count). The molecule has 0 heterocycles. The number of aliphatic hydroxyl groups excluding tert-OH is 8. The van der Waals surface area contributed by atoms with Gasteiger partial charge in [-0.25, -0.2) is 0 Å². The van der Waals surface area contributed by atoms with E-state index in [2.05, 4.69) is 21.3 Å². The third kappa shape index (κ3) is 14.9. The first-order valence-electron chi connectivity index (χ1n) is 18.1. The van der Waals surface area contributed by atoms with Crippen molar-refractivity contribution in [1.29, 1.82) is 0 Å². The standard InChI is InChI=1S/C35H42I6N6O16/c1-14(54)63-29(34(61)46(4-8-50)27-23(38)17(30(57)42-2-6-48)21(36)19(25(27)40)32(59)44-10-15(55)12-52)35(62)47(5-9-51)28-24(39)18(31(58)43-3-7-49)22(37)20(26(28)41)33(60)45-11-16(56)13-53/h15-16,29,48-53,55-56H,2-13H2,1H3,(H,42,57)(H,43,58)(H,44,59)(H,45,60). The minimum Gasteiger partial charge on any atom is -0.442 e. The van der Waals surface area contributed by atoms with Gasteiger partial charge < -0.3 is 76.7 Å². The number of nitrogens with zero attached hydrogens (tertiary/aromatic N) is 2. The first-order chi connectivity index (χ1) is 29.7. The smallest absolute Gasteiger partial charge is 0.303 e. The van der Waals surface area contributed by atoms with Gasteiger partial charge in [0.05, 0.1) is 99.8 Å². The van der Waals surface area contributed by atoms with E-state index in [9.17, 15) is 74.4 Å². The Morgan fingerprint density at radius 2 is 0.810 bits per heavy atom. The minimum atomic E-state index is -2.45. The van der Waals surface area contributed by atoms with Crippen LogP contribution in [0.3, 0.4) is 0 Å². The molecule has 2 aromatic carbocycles. The van der Waals surface area contributed by atoms with Gasteiger partial charge in [0.2, 0.25) is 0 Å². The Morgan fingerprint density at radius 1 is 0.508 bits per heavy atom. The van der Waals surface area contributed by atoms with Crippen LogP contribution in [0, 0.1) is 21.4 Å². The van der Waals surface area contributed by atoms with Crippen LogP contribution in [0.1, 0.15) is 48.4 Å². The van der Waals surface area contributed by atoms with Crippen molar-refractivity contribution < 1.29 is 79.2 Å². The molecular weight excluding hydrogens is 1520 g/mol. The van der Waals surface area contributed by atoms with Crippen LogP contribution in [0.5, 0.6) is 0 Å². The quantitative estimate of drug-likeness (QED) is 0.0332. The molecular formula is C35H42I6N6O16. The number of hydrogen-bond donors (Lipinski definition) is 12. The number of carbonyl (C=O) groups is 7. The van der Waals surface area contributed by atoms with Crippen molar-refractivity contribution in [2.24, 2.45) is 0 Å². The molecule has 0 spiro atoms. The number of ether oxygens (including phenoxy) is 1. The molecule has 6 amide bonds. The van der Waals surface area contributed by atoms with Gasteiger partial charge in [0.15, 0.2) is 0 Å². The van der Waals surface area contributed by atoms with Crippen LogP contribution in [0.15, 0.2) is 0 Å². The number of nitrogens with one attached hydrogen (secondary N) is 4. The average Bonchev–Trinajstić information content (AvgIpc) is 3.23. The van der Waals surface area contributed by atoms with Gasteiger partial charge in [-0.05, 0) is 136 Å². The maximum absolute atomic E-state index is 14.9. The lowest BCUT2D eigenvalue weighted by atomic mass is 10.0. The van der Waals surface area contributed by atoms with Crippen molar-refractivity contribution in [1.82, 2.24) is 21.3 Å². The molecule has 2 atom stereocenters. The number of halogens is 6. The van der Waals surface area contributed by atoms with Gasteiger partial charge >= 0.3 is 5.97 Å². The lowest BCUT2D eigenvalue weighted by Crippen LogP contribution is -2.53. The highest BCUT2D eigenvalue weighted by molar-refractivity contribution is 14.1. The van der Waals surface area contributed by atoms with Crippen LogP contribution in [-0.2, 0) is 19.1 Å². The molecule has 0 saturated carbocycles. The van der Waals surface area contributed by atoms with E-state index in [-0.39, 0.29) is 68.1 Å². The average molecular weight is 1560 g/mol. The van der Waals surface area contributed by atoms with E-state index in [4.69, 9.17) is 4.74 Å². The third-order valence-corrected chi connectivity index (χ3v) is 14.5. The fraction of sp³-hybridized carbons (Fsp3) is 0.457. The highest BCUT2D eigenvalue weighted by Crippen LogP contribution is 2.40. The van der Waals surface area contributed by atoms with E-state index >= 15 is 0 Å². The number of hydrogen-bond acceptors (Lipinski definition) is 16. The number of rotatable bonds is 23. The van der Waals surface area contributed by atoms with E-state index in [1.807, 2.05) is 0 Å². The highest BCUT2D eigenvalue weighted by Gasteiger charge is 2.42. The zero-order valence-electron chi connectivity index (χ0n) is 32.7. The summed E-state index contributed by atoms with van der Waals surface area (Å²) in [6.07, 6.45) is -5.20. The fourth-order valence-corrected chi connectivity index (χ4v) is 14.8. The van der Waals surface area contributed by atoms with Crippen molar-refractivity contribution in [2.45, 2.75) is 25.2 Å². The molecule has 0 aromatic heterocycles. The Morgan fingerprint density at radius 3 is 1.06 bits per heavy atom. The molecule has 63 heavy (non-hydrogen) atoms. The molecule has 0 aliphatic heterocycles. The predicted molar refractivity (Wildman–Crippen MR) is 273 cm³/mol. The van der Waals surface area contributed by atoms with Gasteiger partial charge in [0, 0.05) is 53.3 Å². The Hall–Kier alpha value is -1.21. The number of benzene rings is 2. The van der Waals surface area contributed by atoms with Crippen molar-refractivity contribution in [2.75, 3.05) is 88.7 Å². The molecule has 0 radical (unpaired) electrons. The number of esters is 1. The van der Waals surface area contributed by atoms with Gasteiger partial charge in [-0.15, -0.1) is 0 Å². The summed E-state index contributed by atoms with van der Waals surface area (Å²) in [4.78, 5) is 98.8. The van der Waals surface area contributed by atoms with Crippen LogP contribution >= 0.6 is 136 Å². The van der Waals surface area contributed by atoms with E-state index in [0.717, 1.165) is 16.7 Å². The van der Waals surface area contributed by atoms with Gasteiger partial charge in [-0.2, -0.15) is 0 Å². The first-order valence-corrected chi connectivity index (χ1v) is 24.5. The normalized spacial score (nSPS) is 12.4. The van der Waals surface area contributed by atoms with E-state index in [1.54, 1.807) is 136 Å². The second-order valence-corrected chi connectivity index (χ2v) is 19.0. The van der Waals surface area contributed by atoms with Gasteiger partial charge in [0.1, 0.15) is 0 Å². The lowest BCUT2D eigenvalue weighted by molar-refractivity contribution is -0.158. The van der Waals surface area contributed by atoms with Crippen LogP contribution in [0.25, 0.3) is 0 Å². The second kappa shape index (κ2) is 28.2. The summed E-state index contributed by atoms with van der Waals surface area (Å²) in [6, 6.07) is 0. The SMILES string of the molecule is CC(=O)OC(C(=O)N(CCO)c1c(I)c(C(=O)NCCO)c(I)c(C(=O)NCC(O)CO)c1I)C(=O)N(CCO)c1c(I)c(C(=O)NCCO)c(I)c(C(=O)NCC(O)CO)c1I. The molecule has 0 aliphatic carbocycles. The minimum absolute atomic E-state index is 0.00550. The molecule has 350 valence electrons. The fourth-order valence-electron chi connectivity index (χ4n) is 5.34. The largest absolute Gasteiger partial charge is 0.442 e. The molecule has 2 unspecified atom stereocenters. The summed E-state index contributed by atoms with van der Waals surface area (Å²) >= 11 is 10.2. The maximum Gasteiger partial charge on any atom is 0.303 e. The number of amides is 6. The monoisotopic (exact) mass is 1560 g/mol. The predicted octanol–water partition coefficient (Wildman–Crippen LogP) is -1.79. The zero-order chi connectivity index (χ0) is 47.9. The highest BCUT2D eigenvalue weighted by atomic mass is 127. The van der Waals surface area contributed by atoms with Gasteiger partial charge in [0.25, 0.3) is 41.5 Å². The van der Waals surface area contributed by atoms with Crippen LogP contribution in [0.4, 0.5) is 11.4 Å². The summed E-state index contributed by atoms with van der Waals surface area (Å²) < 4.78 is 5.40. The van der Waals surface area contributed by atoms with Crippen molar-refractivity contribution in [3.8, 4) is 0 Å². The molecule has 0 aliphatic rings. The molecule has 2 aromatic rings. The molecule has 28 heteroatoms. The molecule has 22 nitrogen and oxygen atoms in total. The maximum atomic E-state index is 14.9. The zero-order valence-corrected chi connectivity index (χ0v) is 45.7. The molecule has 0 fully saturated rings. The Balaban J connectivity index is 3.07. The molecule has 0 bridgehead atoms. The summed E-state index contributed by atoms with van der Waals surface area (Å²) in [7, 11) is 0. The molecule has 0 saturated heterocycles. The summed E-state index contributed by atoms with van der Waals surface area (Å²) in [5.41, 5.74) is -1.25. The lowest BCUT2D eigenvalue weighted by Gasteiger charge is -2.33. The van der Waals surface area contributed by atoms with Crippen molar-refractivity contribution in [3.05, 3.63) is 43.7 Å². The second-order valence-electron chi connectivity index (χ2n) is 12.5. The van der Waals surface area contributed by atoms with Crippen LogP contribution < -0.4 is 31.1 Å². The Bertz CT molecular complexity index is 1920. The van der Waals surface area contributed by atoms with Crippen LogP contribution in [0.2, 0.25) is 0 Å². The van der Waals surface area contributed by atoms with E-state index in [1.165, 1.54) is 0 Å². The van der Waals surface area contributed by atoms with Crippen molar-refractivity contribution >= 4 is 188 Å². The summed E-state index contributed by atoms with van der Waals surface area (Å²) in [5, 5.41) is 87.8. The third-order valence-electron chi connectivity index (χ3n) is 8.16. The van der Waals surface area contributed by atoms with Crippen LogP contribution in [-0.4, -0.2) is 179 Å². The topological polar surface area (TPSA) is 345 Å².